The van der Waals surface area contributed by atoms with Crippen molar-refractivity contribution in [3.8, 4) is 0 Å². The largest absolute Gasteiger partial charge is 0.392 e. The van der Waals surface area contributed by atoms with Gasteiger partial charge < -0.3 is 5.11 Å². The van der Waals surface area contributed by atoms with Gasteiger partial charge in [-0.15, -0.1) is 0 Å². The Morgan fingerprint density at radius 1 is 1.40 bits per heavy atom. The lowest BCUT2D eigenvalue weighted by atomic mass is 9.89. The highest BCUT2D eigenvalue weighted by Gasteiger charge is 2.22. The number of aliphatic hydroxyl groups excluding tert-OH is 1. The minimum Gasteiger partial charge on any atom is -0.392 e. The monoisotopic (exact) mass is 323 g/mol. The van der Waals surface area contributed by atoms with Gasteiger partial charge in [-0.05, 0) is 30.0 Å². The van der Waals surface area contributed by atoms with Crippen LogP contribution in [0.25, 0.3) is 0 Å². The second-order valence-corrected chi connectivity index (χ2v) is 8.02. The summed E-state index contributed by atoms with van der Waals surface area (Å²) < 4.78 is 39.6. The van der Waals surface area contributed by atoms with Gasteiger partial charge in [0.05, 0.1) is 6.10 Å². The second kappa shape index (κ2) is 6.39. The zero-order valence-electron chi connectivity index (χ0n) is 11.7. The minimum atomic E-state index is -4.00. The molecule has 0 bridgehead atoms. The Balaban J connectivity index is 2.76. The van der Waals surface area contributed by atoms with Gasteiger partial charge >= 0.3 is 0 Å². The third-order valence-corrected chi connectivity index (χ3v) is 4.23. The van der Waals surface area contributed by atoms with Crippen molar-refractivity contribution in [3.63, 3.8) is 0 Å². The second-order valence-electron chi connectivity index (χ2n) is 5.85. The van der Waals surface area contributed by atoms with Gasteiger partial charge in [0.15, 0.2) is 0 Å². The Bertz CT molecular complexity index is 569. The average Bonchev–Trinajstić information content (AvgIpc) is 2.23. The molecule has 0 radical (unpaired) electrons. The van der Waals surface area contributed by atoms with Crippen LogP contribution in [-0.2, 0) is 10.0 Å². The van der Waals surface area contributed by atoms with E-state index in [1.807, 2.05) is 20.8 Å². The van der Waals surface area contributed by atoms with E-state index < -0.39 is 26.8 Å². The van der Waals surface area contributed by atoms with Crippen LogP contribution < -0.4 is 4.72 Å². The first-order valence-electron chi connectivity index (χ1n) is 6.14. The first kappa shape index (κ1) is 17.4. The number of rotatable bonds is 5. The first-order chi connectivity index (χ1) is 9.01. The van der Waals surface area contributed by atoms with E-state index in [4.69, 9.17) is 11.6 Å². The normalized spacial score (nSPS) is 14.3. The van der Waals surface area contributed by atoms with Crippen LogP contribution in [0.15, 0.2) is 23.1 Å². The molecule has 1 aromatic carbocycles. The summed E-state index contributed by atoms with van der Waals surface area (Å²) in [6.07, 6.45) is -0.404. The number of hydrogen-bond acceptors (Lipinski definition) is 3. The van der Waals surface area contributed by atoms with E-state index in [9.17, 15) is 17.9 Å². The maximum Gasteiger partial charge on any atom is 0.243 e. The highest BCUT2D eigenvalue weighted by molar-refractivity contribution is 7.89. The predicted octanol–water partition coefficient (Wildman–Crippen LogP) is 2.55. The fourth-order valence-corrected chi connectivity index (χ4v) is 3.04. The van der Waals surface area contributed by atoms with Crippen molar-refractivity contribution >= 4 is 21.6 Å². The molecule has 0 aliphatic carbocycles. The standard InChI is InChI=1S/C13H19ClFNO3S/c1-13(2,3)7-10(17)8-16-20(18,19)12-5-4-9(14)6-11(12)15/h4-6,10,16-17H,7-8H2,1-3H3. The summed E-state index contributed by atoms with van der Waals surface area (Å²) in [6, 6.07) is 3.32. The molecule has 1 rings (SSSR count). The van der Waals surface area contributed by atoms with Crippen molar-refractivity contribution in [3.05, 3.63) is 29.0 Å². The first-order valence-corrected chi connectivity index (χ1v) is 8.00. The van der Waals surface area contributed by atoms with Crippen molar-refractivity contribution in [1.82, 2.24) is 4.72 Å². The molecular formula is C13H19ClFNO3S. The molecule has 0 heterocycles. The van der Waals surface area contributed by atoms with Crippen LogP contribution in [0.3, 0.4) is 0 Å². The molecule has 1 aromatic rings. The number of hydrogen-bond donors (Lipinski definition) is 2. The molecule has 20 heavy (non-hydrogen) atoms. The molecule has 0 saturated carbocycles. The number of sulfonamides is 1. The number of halogens is 2. The summed E-state index contributed by atoms with van der Waals surface area (Å²) in [4.78, 5) is -0.482. The predicted molar refractivity (Wildman–Crippen MR) is 76.7 cm³/mol. The Morgan fingerprint density at radius 3 is 2.50 bits per heavy atom. The molecule has 114 valence electrons. The van der Waals surface area contributed by atoms with Crippen LogP contribution >= 0.6 is 11.6 Å². The summed E-state index contributed by atoms with van der Waals surface area (Å²) >= 11 is 5.57. The maximum absolute atomic E-state index is 13.6. The molecule has 0 amide bonds. The summed E-state index contributed by atoms with van der Waals surface area (Å²) in [5, 5.41) is 9.89. The number of benzene rings is 1. The fraction of sp³-hybridized carbons (Fsp3) is 0.538. The molecule has 0 aromatic heterocycles. The van der Waals surface area contributed by atoms with Crippen LogP contribution in [0.4, 0.5) is 4.39 Å². The zero-order valence-corrected chi connectivity index (χ0v) is 13.2. The molecule has 0 fully saturated rings. The quantitative estimate of drug-likeness (QED) is 0.875. The van der Waals surface area contributed by atoms with Crippen molar-refractivity contribution in [2.75, 3.05) is 6.54 Å². The number of aliphatic hydroxyl groups is 1. The van der Waals surface area contributed by atoms with Gasteiger partial charge in [-0.3, -0.25) is 0 Å². The van der Waals surface area contributed by atoms with Crippen molar-refractivity contribution in [2.24, 2.45) is 5.41 Å². The Hall–Kier alpha value is -0.690. The van der Waals surface area contributed by atoms with Crippen LogP contribution in [0.2, 0.25) is 5.02 Å². The summed E-state index contributed by atoms with van der Waals surface area (Å²) in [5.74, 6) is -0.921. The third kappa shape index (κ3) is 5.36. The lowest BCUT2D eigenvalue weighted by Crippen LogP contribution is -2.34. The lowest BCUT2D eigenvalue weighted by molar-refractivity contribution is 0.125. The van der Waals surface area contributed by atoms with E-state index in [1.54, 1.807) is 0 Å². The van der Waals surface area contributed by atoms with E-state index in [1.165, 1.54) is 6.07 Å². The van der Waals surface area contributed by atoms with Gasteiger partial charge in [-0.2, -0.15) is 0 Å². The lowest BCUT2D eigenvalue weighted by Gasteiger charge is -2.22. The van der Waals surface area contributed by atoms with E-state index in [-0.39, 0.29) is 17.0 Å². The number of nitrogens with one attached hydrogen (secondary N) is 1. The molecule has 1 unspecified atom stereocenters. The molecule has 4 nitrogen and oxygen atoms in total. The Kier molecular flexibility index (Phi) is 5.54. The van der Waals surface area contributed by atoms with Crippen LogP contribution in [0.1, 0.15) is 27.2 Å². The molecule has 7 heteroatoms. The minimum absolute atomic E-state index is 0.120. The average molecular weight is 324 g/mol. The highest BCUT2D eigenvalue weighted by Crippen LogP contribution is 2.21. The van der Waals surface area contributed by atoms with E-state index in [2.05, 4.69) is 4.72 Å². The van der Waals surface area contributed by atoms with E-state index >= 15 is 0 Å². The molecule has 0 aliphatic rings. The van der Waals surface area contributed by atoms with Crippen molar-refractivity contribution in [2.45, 2.75) is 38.2 Å². The molecule has 0 aliphatic heterocycles. The van der Waals surface area contributed by atoms with Gasteiger partial charge in [-0.25, -0.2) is 17.5 Å². The third-order valence-electron chi connectivity index (χ3n) is 2.54. The van der Waals surface area contributed by atoms with E-state index in [0.29, 0.717) is 6.42 Å². The van der Waals surface area contributed by atoms with Gasteiger partial charge in [0.25, 0.3) is 0 Å². The SMILES string of the molecule is CC(C)(C)CC(O)CNS(=O)(=O)c1ccc(Cl)cc1F. The maximum atomic E-state index is 13.6. The van der Waals surface area contributed by atoms with Crippen molar-refractivity contribution < 1.29 is 17.9 Å². The highest BCUT2D eigenvalue weighted by atomic mass is 35.5. The van der Waals surface area contributed by atoms with Crippen LogP contribution in [-0.4, -0.2) is 26.2 Å². The Labute approximate surface area is 124 Å². The summed E-state index contributed by atoms with van der Waals surface area (Å²) in [5.41, 5.74) is -0.129. The fourth-order valence-electron chi connectivity index (χ4n) is 1.76. The molecular weight excluding hydrogens is 305 g/mol. The van der Waals surface area contributed by atoms with Gasteiger partial charge in [0, 0.05) is 11.6 Å². The molecule has 1 atom stereocenters. The van der Waals surface area contributed by atoms with Crippen LogP contribution in [0.5, 0.6) is 0 Å². The van der Waals surface area contributed by atoms with Gasteiger partial charge in [0.2, 0.25) is 10.0 Å². The zero-order chi connectivity index (χ0) is 15.6. The van der Waals surface area contributed by atoms with Crippen LogP contribution in [0, 0.1) is 11.2 Å². The molecule has 2 N–H and O–H groups in total. The summed E-state index contributed by atoms with van der Waals surface area (Å²) in [6.45, 7) is 5.64. The van der Waals surface area contributed by atoms with Gasteiger partial charge in [-0.1, -0.05) is 32.4 Å². The summed E-state index contributed by atoms with van der Waals surface area (Å²) in [7, 11) is -4.00. The molecule has 0 saturated heterocycles. The molecule has 0 spiro atoms. The topological polar surface area (TPSA) is 66.4 Å². The van der Waals surface area contributed by atoms with Gasteiger partial charge in [0.1, 0.15) is 10.7 Å². The van der Waals surface area contributed by atoms with Crippen molar-refractivity contribution in [1.29, 1.82) is 0 Å². The smallest absolute Gasteiger partial charge is 0.243 e. The van der Waals surface area contributed by atoms with E-state index in [0.717, 1.165) is 12.1 Å². The Morgan fingerprint density at radius 2 is 2.00 bits per heavy atom.